The highest BCUT2D eigenvalue weighted by Crippen LogP contribution is 2.29. The Morgan fingerprint density at radius 2 is 2.00 bits per heavy atom. The van der Waals surface area contributed by atoms with Crippen molar-refractivity contribution >= 4 is 17.0 Å². The van der Waals surface area contributed by atoms with Crippen molar-refractivity contribution in [2.24, 2.45) is 0 Å². The fraction of sp³-hybridized carbons (Fsp3) is 0.333. The minimum Gasteiger partial charge on any atom is -0.398 e. The van der Waals surface area contributed by atoms with E-state index >= 15 is 0 Å². The largest absolute Gasteiger partial charge is 0.398 e. The number of rotatable bonds is 2. The number of nitrogens with zero attached hydrogens (tertiary/aromatic N) is 2. The Labute approximate surface area is 99.3 Å². The molecule has 84 valence electrons. The van der Waals surface area contributed by atoms with Gasteiger partial charge < -0.3 is 5.73 Å². The lowest BCUT2D eigenvalue weighted by Gasteiger charge is -2.01. The normalized spacial score (nSPS) is 11.0. The lowest BCUT2D eigenvalue weighted by Crippen LogP contribution is -1.89. The van der Waals surface area contributed by atoms with Crippen LogP contribution in [0.15, 0.2) is 18.2 Å². The smallest absolute Gasteiger partial charge is 0.147 e. The van der Waals surface area contributed by atoms with E-state index in [0.29, 0.717) is 5.92 Å². The van der Waals surface area contributed by atoms with Crippen LogP contribution in [0, 0.1) is 6.92 Å². The van der Waals surface area contributed by atoms with Crippen molar-refractivity contribution < 1.29 is 0 Å². The molecule has 1 aromatic carbocycles. The molecule has 16 heavy (non-hydrogen) atoms. The maximum atomic E-state index is 5.88. The van der Waals surface area contributed by atoms with Gasteiger partial charge >= 0.3 is 0 Å². The Bertz CT molecular complexity index is 503. The van der Waals surface area contributed by atoms with Gasteiger partial charge in [0, 0.05) is 17.2 Å². The van der Waals surface area contributed by atoms with Gasteiger partial charge in [-0.05, 0) is 18.6 Å². The third-order valence-corrected chi connectivity index (χ3v) is 3.73. The van der Waals surface area contributed by atoms with Crippen LogP contribution in [-0.2, 0) is 0 Å². The van der Waals surface area contributed by atoms with Crippen LogP contribution in [0.4, 0.5) is 5.69 Å². The number of aromatic nitrogens is 2. The summed E-state index contributed by atoms with van der Waals surface area (Å²) >= 11 is 1.63. The zero-order valence-electron chi connectivity index (χ0n) is 9.69. The summed E-state index contributed by atoms with van der Waals surface area (Å²) in [6, 6.07) is 6.01. The highest BCUT2D eigenvalue weighted by atomic mass is 32.1. The summed E-state index contributed by atoms with van der Waals surface area (Å²) < 4.78 is 0. The molecular weight excluding hydrogens is 218 g/mol. The van der Waals surface area contributed by atoms with E-state index in [2.05, 4.69) is 24.0 Å². The molecule has 0 aliphatic heterocycles. The first-order valence-electron chi connectivity index (χ1n) is 5.28. The van der Waals surface area contributed by atoms with Crippen LogP contribution in [-0.4, -0.2) is 10.2 Å². The molecule has 2 N–H and O–H groups in total. The van der Waals surface area contributed by atoms with Crippen molar-refractivity contribution in [3.05, 3.63) is 28.8 Å². The van der Waals surface area contributed by atoms with E-state index in [1.807, 2.05) is 25.1 Å². The van der Waals surface area contributed by atoms with Crippen LogP contribution in [0.1, 0.15) is 30.3 Å². The van der Waals surface area contributed by atoms with Crippen molar-refractivity contribution in [3.63, 3.8) is 0 Å². The highest BCUT2D eigenvalue weighted by molar-refractivity contribution is 7.14. The Hall–Kier alpha value is -1.42. The molecule has 4 heteroatoms. The fourth-order valence-electron chi connectivity index (χ4n) is 1.36. The fourth-order valence-corrected chi connectivity index (χ4v) is 2.20. The summed E-state index contributed by atoms with van der Waals surface area (Å²) in [5.41, 5.74) is 8.83. The summed E-state index contributed by atoms with van der Waals surface area (Å²) in [4.78, 5) is 0. The molecule has 0 saturated heterocycles. The number of anilines is 1. The van der Waals surface area contributed by atoms with Gasteiger partial charge in [0.25, 0.3) is 0 Å². The van der Waals surface area contributed by atoms with Crippen LogP contribution in [0.2, 0.25) is 0 Å². The number of benzene rings is 1. The molecule has 3 nitrogen and oxygen atoms in total. The molecule has 0 bridgehead atoms. The van der Waals surface area contributed by atoms with Gasteiger partial charge in [-0.2, -0.15) is 0 Å². The summed E-state index contributed by atoms with van der Waals surface area (Å²) in [6.07, 6.45) is 0. The number of aryl methyl sites for hydroxylation is 1. The molecule has 0 aliphatic rings. The molecule has 2 aromatic rings. The average molecular weight is 233 g/mol. The lowest BCUT2D eigenvalue weighted by molar-refractivity contribution is 0.825. The molecule has 0 amide bonds. The highest BCUT2D eigenvalue weighted by Gasteiger charge is 2.09. The topological polar surface area (TPSA) is 51.8 Å². The molecule has 2 rings (SSSR count). The van der Waals surface area contributed by atoms with Gasteiger partial charge in [0.05, 0.1) is 0 Å². The molecule has 1 aromatic heterocycles. The predicted octanol–water partition coefficient (Wildman–Crippen LogP) is 3.22. The molecule has 0 atom stereocenters. The molecule has 0 saturated carbocycles. The first kappa shape index (κ1) is 11.1. The molecule has 0 spiro atoms. The molecule has 0 unspecified atom stereocenters. The minimum atomic E-state index is 0.425. The third-order valence-electron chi connectivity index (χ3n) is 2.46. The monoisotopic (exact) mass is 233 g/mol. The summed E-state index contributed by atoms with van der Waals surface area (Å²) in [7, 11) is 0. The van der Waals surface area contributed by atoms with Gasteiger partial charge in [-0.1, -0.05) is 37.3 Å². The second-order valence-electron chi connectivity index (χ2n) is 4.17. The van der Waals surface area contributed by atoms with E-state index in [9.17, 15) is 0 Å². The first-order valence-corrected chi connectivity index (χ1v) is 6.09. The number of nitrogen functional groups attached to an aromatic ring is 1. The van der Waals surface area contributed by atoms with E-state index in [1.165, 1.54) is 0 Å². The van der Waals surface area contributed by atoms with Gasteiger partial charge in [0.1, 0.15) is 10.0 Å². The van der Waals surface area contributed by atoms with E-state index in [1.54, 1.807) is 11.3 Å². The zero-order chi connectivity index (χ0) is 11.7. The zero-order valence-corrected chi connectivity index (χ0v) is 10.5. The van der Waals surface area contributed by atoms with Crippen LogP contribution < -0.4 is 5.73 Å². The van der Waals surface area contributed by atoms with Gasteiger partial charge in [-0.3, -0.25) is 0 Å². The van der Waals surface area contributed by atoms with Gasteiger partial charge in [-0.25, -0.2) is 0 Å². The third kappa shape index (κ3) is 2.07. The lowest BCUT2D eigenvalue weighted by atomic mass is 10.1. The van der Waals surface area contributed by atoms with E-state index in [0.717, 1.165) is 26.8 Å². The van der Waals surface area contributed by atoms with E-state index < -0.39 is 0 Å². The maximum absolute atomic E-state index is 5.88. The summed E-state index contributed by atoms with van der Waals surface area (Å²) in [6.45, 7) is 6.24. The Kier molecular flexibility index (Phi) is 2.92. The predicted molar refractivity (Wildman–Crippen MR) is 68.6 cm³/mol. The molecule has 0 aliphatic carbocycles. The number of nitrogens with two attached hydrogens (primary N) is 1. The van der Waals surface area contributed by atoms with Crippen LogP contribution in [0.5, 0.6) is 0 Å². The SMILES string of the molecule is Cc1ccc(-c2nnc(C(C)C)s2)cc1N. The van der Waals surface area contributed by atoms with Crippen molar-refractivity contribution in [3.8, 4) is 10.6 Å². The first-order chi connectivity index (χ1) is 7.58. The second kappa shape index (κ2) is 4.22. The average Bonchev–Trinajstić information content (AvgIpc) is 2.71. The second-order valence-corrected chi connectivity index (χ2v) is 5.18. The molecule has 0 fully saturated rings. The standard InChI is InChI=1S/C12H15N3S/c1-7(2)11-14-15-12(16-11)9-5-4-8(3)10(13)6-9/h4-7H,13H2,1-3H3. The van der Waals surface area contributed by atoms with Gasteiger partial charge in [0.2, 0.25) is 0 Å². The van der Waals surface area contributed by atoms with Crippen LogP contribution in [0.3, 0.4) is 0 Å². The van der Waals surface area contributed by atoms with Gasteiger partial charge in [-0.15, -0.1) is 10.2 Å². The minimum absolute atomic E-state index is 0.425. The van der Waals surface area contributed by atoms with Crippen LogP contribution in [0.25, 0.3) is 10.6 Å². The van der Waals surface area contributed by atoms with Crippen molar-refractivity contribution in [2.75, 3.05) is 5.73 Å². The summed E-state index contributed by atoms with van der Waals surface area (Å²) in [5.74, 6) is 0.425. The van der Waals surface area contributed by atoms with Crippen molar-refractivity contribution in [2.45, 2.75) is 26.7 Å². The molecular formula is C12H15N3S. The number of hydrogen-bond acceptors (Lipinski definition) is 4. The Balaban J connectivity index is 2.39. The van der Waals surface area contributed by atoms with Crippen molar-refractivity contribution in [1.29, 1.82) is 0 Å². The number of hydrogen-bond donors (Lipinski definition) is 1. The maximum Gasteiger partial charge on any atom is 0.147 e. The molecule has 1 heterocycles. The quantitative estimate of drug-likeness (QED) is 0.810. The summed E-state index contributed by atoms with van der Waals surface area (Å²) in [5, 5.41) is 10.4. The van der Waals surface area contributed by atoms with E-state index in [-0.39, 0.29) is 0 Å². The van der Waals surface area contributed by atoms with Crippen LogP contribution >= 0.6 is 11.3 Å². The molecule has 0 radical (unpaired) electrons. The van der Waals surface area contributed by atoms with Gasteiger partial charge in [0.15, 0.2) is 0 Å². The Morgan fingerprint density at radius 1 is 1.25 bits per heavy atom. The Morgan fingerprint density at radius 3 is 2.56 bits per heavy atom. The van der Waals surface area contributed by atoms with Crippen molar-refractivity contribution in [1.82, 2.24) is 10.2 Å². The van der Waals surface area contributed by atoms with E-state index in [4.69, 9.17) is 5.73 Å².